The first-order valence-electron chi connectivity index (χ1n) is 10.3. The summed E-state index contributed by atoms with van der Waals surface area (Å²) in [5, 5.41) is 2.53. The molecule has 144 valence electrons. The molecule has 0 atom stereocenters. The molecule has 0 aliphatic heterocycles. The average molecular weight is 387 g/mol. The molecule has 0 radical (unpaired) electrons. The third kappa shape index (κ3) is 2.79. The van der Waals surface area contributed by atoms with Crippen LogP contribution in [0.2, 0.25) is 0 Å². The molecule has 3 heterocycles. The zero-order chi connectivity index (χ0) is 19.9. The Labute approximate surface area is 174 Å². The monoisotopic (exact) mass is 387 g/mol. The maximum atomic E-state index is 4.72. The SMILES string of the molecule is c1ccc(Cc2cnc3cc4c5ccccc5n(Cc5ccccc5)c4cn23)cc1. The second-order valence-electron chi connectivity index (χ2n) is 7.80. The smallest absolute Gasteiger partial charge is 0.137 e. The van der Waals surface area contributed by atoms with Gasteiger partial charge in [-0.05, 0) is 23.3 Å². The van der Waals surface area contributed by atoms with Crippen LogP contribution in [0.5, 0.6) is 0 Å². The van der Waals surface area contributed by atoms with Gasteiger partial charge in [0.15, 0.2) is 0 Å². The Bertz CT molecular complexity index is 1470. The molecule has 0 aliphatic rings. The molecular formula is C27H21N3. The molecule has 0 bridgehead atoms. The number of pyridine rings is 1. The highest BCUT2D eigenvalue weighted by atomic mass is 15.0. The summed E-state index contributed by atoms with van der Waals surface area (Å²) >= 11 is 0. The van der Waals surface area contributed by atoms with Crippen molar-refractivity contribution in [3.63, 3.8) is 0 Å². The molecule has 0 unspecified atom stereocenters. The van der Waals surface area contributed by atoms with Crippen molar-refractivity contribution in [1.82, 2.24) is 14.0 Å². The molecule has 0 amide bonds. The number of benzene rings is 3. The molecular weight excluding hydrogens is 366 g/mol. The Morgan fingerprint density at radius 2 is 1.37 bits per heavy atom. The van der Waals surface area contributed by atoms with E-state index < -0.39 is 0 Å². The molecule has 3 nitrogen and oxygen atoms in total. The quantitative estimate of drug-likeness (QED) is 0.359. The minimum atomic E-state index is 0.846. The van der Waals surface area contributed by atoms with Crippen LogP contribution in [0.1, 0.15) is 16.8 Å². The lowest BCUT2D eigenvalue weighted by Crippen LogP contribution is -2.01. The lowest BCUT2D eigenvalue weighted by atomic mass is 10.1. The predicted molar refractivity (Wildman–Crippen MR) is 123 cm³/mol. The Balaban J connectivity index is 1.57. The third-order valence-corrected chi connectivity index (χ3v) is 5.89. The number of hydrogen-bond acceptors (Lipinski definition) is 1. The van der Waals surface area contributed by atoms with Crippen LogP contribution in [0.3, 0.4) is 0 Å². The first-order chi connectivity index (χ1) is 14.9. The number of aromatic nitrogens is 3. The van der Waals surface area contributed by atoms with E-state index in [1.165, 1.54) is 38.6 Å². The zero-order valence-corrected chi connectivity index (χ0v) is 16.6. The predicted octanol–water partition coefficient (Wildman–Crippen LogP) is 6.08. The fourth-order valence-corrected chi connectivity index (χ4v) is 4.43. The van der Waals surface area contributed by atoms with Gasteiger partial charge in [0.2, 0.25) is 0 Å². The van der Waals surface area contributed by atoms with Gasteiger partial charge < -0.3 is 8.97 Å². The van der Waals surface area contributed by atoms with E-state index in [0.29, 0.717) is 0 Å². The van der Waals surface area contributed by atoms with Gasteiger partial charge in [0.05, 0.1) is 5.52 Å². The number of rotatable bonds is 4. The van der Waals surface area contributed by atoms with Crippen molar-refractivity contribution in [1.29, 1.82) is 0 Å². The van der Waals surface area contributed by atoms with Gasteiger partial charge in [0.25, 0.3) is 0 Å². The summed E-state index contributed by atoms with van der Waals surface area (Å²) in [6, 6.07) is 32.1. The van der Waals surface area contributed by atoms with Gasteiger partial charge in [-0.3, -0.25) is 0 Å². The lowest BCUT2D eigenvalue weighted by Gasteiger charge is -2.09. The van der Waals surface area contributed by atoms with E-state index in [1.54, 1.807) is 0 Å². The van der Waals surface area contributed by atoms with E-state index in [2.05, 4.69) is 106 Å². The minimum absolute atomic E-state index is 0.846. The highest BCUT2D eigenvalue weighted by molar-refractivity contribution is 6.08. The van der Waals surface area contributed by atoms with Crippen LogP contribution in [0.4, 0.5) is 0 Å². The fourth-order valence-electron chi connectivity index (χ4n) is 4.43. The highest BCUT2D eigenvalue weighted by Crippen LogP contribution is 2.31. The molecule has 0 N–H and O–H groups in total. The Kier molecular flexibility index (Phi) is 3.91. The number of fused-ring (bicyclic) bond motifs is 4. The fraction of sp³-hybridized carbons (Fsp3) is 0.0741. The molecule has 0 aliphatic carbocycles. The van der Waals surface area contributed by atoms with Crippen molar-refractivity contribution >= 4 is 27.5 Å². The van der Waals surface area contributed by atoms with Gasteiger partial charge in [-0.1, -0.05) is 78.9 Å². The van der Waals surface area contributed by atoms with Gasteiger partial charge in [-0.15, -0.1) is 0 Å². The Hall–Kier alpha value is -3.85. The standard InChI is InChI=1S/C27H21N3/c1-3-9-20(10-4-1)15-22-17-28-27-16-24-23-13-7-8-14-25(23)30(26(24)19-29(22)27)18-21-11-5-2-6-12-21/h1-14,16-17,19H,15,18H2. The van der Waals surface area contributed by atoms with Crippen LogP contribution in [0.15, 0.2) is 103 Å². The molecule has 0 spiro atoms. The van der Waals surface area contributed by atoms with E-state index in [9.17, 15) is 0 Å². The second kappa shape index (κ2) is 6.89. The van der Waals surface area contributed by atoms with Crippen molar-refractivity contribution in [3.8, 4) is 0 Å². The number of hydrogen-bond donors (Lipinski definition) is 0. The van der Waals surface area contributed by atoms with Crippen molar-refractivity contribution in [2.75, 3.05) is 0 Å². The third-order valence-electron chi connectivity index (χ3n) is 5.89. The molecule has 3 heteroatoms. The summed E-state index contributed by atoms with van der Waals surface area (Å²) in [5.74, 6) is 0. The van der Waals surface area contributed by atoms with Crippen LogP contribution in [0.25, 0.3) is 27.5 Å². The van der Waals surface area contributed by atoms with Gasteiger partial charge in [0, 0.05) is 47.3 Å². The van der Waals surface area contributed by atoms with E-state index >= 15 is 0 Å². The van der Waals surface area contributed by atoms with Crippen molar-refractivity contribution in [2.24, 2.45) is 0 Å². The molecule has 3 aromatic heterocycles. The van der Waals surface area contributed by atoms with Crippen molar-refractivity contribution in [2.45, 2.75) is 13.0 Å². The molecule has 30 heavy (non-hydrogen) atoms. The topological polar surface area (TPSA) is 22.2 Å². The van der Waals surface area contributed by atoms with E-state index in [4.69, 9.17) is 4.98 Å². The summed E-state index contributed by atoms with van der Waals surface area (Å²) in [4.78, 5) is 4.72. The van der Waals surface area contributed by atoms with Crippen LogP contribution in [0, 0.1) is 0 Å². The molecule has 6 rings (SSSR count). The molecule has 0 saturated heterocycles. The molecule has 6 aromatic rings. The number of imidazole rings is 1. The van der Waals surface area contributed by atoms with Gasteiger partial charge >= 0.3 is 0 Å². The molecule has 0 fully saturated rings. The van der Waals surface area contributed by atoms with Crippen LogP contribution in [-0.4, -0.2) is 14.0 Å². The summed E-state index contributed by atoms with van der Waals surface area (Å²) in [6.45, 7) is 0.846. The van der Waals surface area contributed by atoms with Crippen molar-refractivity contribution in [3.05, 3.63) is 120 Å². The molecule has 0 saturated carbocycles. The Morgan fingerprint density at radius 3 is 2.17 bits per heavy atom. The lowest BCUT2D eigenvalue weighted by molar-refractivity contribution is 0.864. The zero-order valence-electron chi connectivity index (χ0n) is 16.6. The van der Waals surface area contributed by atoms with Crippen LogP contribution >= 0.6 is 0 Å². The summed E-state index contributed by atoms with van der Waals surface area (Å²) in [7, 11) is 0. The van der Waals surface area contributed by atoms with E-state index in [0.717, 1.165) is 18.6 Å². The van der Waals surface area contributed by atoms with Crippen LogP contribution in [-0.2, 0) is 13.0 Å². The number of nitrogens with zero attached hydrogens (tertiary/aromatic N) is 3. The maximum Gasteiger partial charge on any atom is 0.137 e. The first kappa shape index (κ1) is 17.0. The summed E-state index contributed by atoms with van der Waals surface area (Å²) in [6.07, 6.45) is 5.14. The highest BCUT2D eigenvalue weighted by Gasteiger charge is 2.14. The second-order valence-corrected chi connectivity index (χ2v) is 7.80. The maximum absolute atomic E-state index is 4.72. The van der Waals surface area contributed by atoms with Gasteiger partial charge in [-0.2, -0.15) is 0 Å². The summed E-state index contributed by atoms with van der Waals surface area (Å²) in [5.41, 5.74) is 7.29. The first-order valence-corrected chi connectivity index (χ1v) is 10.3. The minimum Gasteiger partial charge on any atom is -0.335 e. The van der Waals surface area contributed by atoms with Crippen LogP contribution < -0.4 is 0 Å². The Morgan fingerprint density at radius 1 is 0.667 bits per heavy atom. The van der Waals surface area contributed by atoms with E-state index in [1.807, 2.05) is 6.20 Å². The van der Waals surface area contributed by atoms with Gasteiger partial charge in [-0.25, -0.2) is 4.98 Å². The molecule has 3 aromatic carbocycles. The van der Waals surface area contributed by atoms with E-state index in [-0.39, 0.29) is 0 Å². The average Bonchev–Trinajstić information content (AvgIpc) is 3.33. The summed E-state index contributed by atoms with van der Waals surface area (Å²) < 4.78 is 4.67. The number of para-hydroxylation sites is 1. The normalized spacial score (nSPS) is 11.6. The van der Waals surface area contributed by atoms with Crippen molar-refractivity contribution < 1.29 is 0 Å². The van der Waals surface area contributed by atoms with Gasteiger partial charge in [0.1, 0.15) is 5.65 Å². The largest absolute Gasteiger partial charge is 0.335 e.